The van der Waals surface area contributed by atoms with Gasteiger partial charge >= 0.3 is 0 Å². The summed E-state index contributed by atoms with van der Waals surface area (Å²) in [6, 6.07) is 3.33. The molecule has 1 aromatic heterocycles. The minimum atomic E-state index is 0.0241. The third-order valence-corrected chi connectivity index (χ3v) is 1.40. The van der Waals surface area contributed by atoms with E-state index in [2.05, 4.69) is 4.98 Å². The van der Waals surface area contributed by atoms with Crippen molar-refractivity contribution in [2.45, 2.75) is 20.0 Å². The molecule has 0 unspecified atom stereocenters. The molecule has 1 heterocycles. The van der Waals surface area contributed by atoms with E-state index < -0.39 is 0 Å². The van der Waals surface area contributed by atoms with Gasteiger partial charge in [-0.25, -0.2) is 4.98 Å². The smallest absolute Gasteiger partial charge is 0.214 e. The molecule has 0 aromatic carbocycles. The van der Waals surface area contributed by atoms with Crippen molar-refractivity contribution >= 4 is 5.84 Å². The molecular weight excluding hydrogens is 166 g/mol. The number of aromatic nitrogens is 1. The molecule has 1 rings (SSSR count). The van der Waals surface area contributed by atoms with Gasteiger partial charge in [-0.1, -0.05) is 0 Å². The van der Waals surface area contributed by atoms with Gasteiger partial charge < -0.3 is 10.5 Å². The third-order valence-electron chi connectivity index (χ3n) is 1.40. The molecule has 4 heteroatoms. The van der Waals surface area contributed by atoms with Crippen molar-refractivity contribution in [3.63, 3.8) is 0 Å². The zero-order chi connectivity index (χ0) is 9.84. The largest absolute Gasteiger partial charge is 0.475 e. The van der Waals surface area contributed by atoms with Crippen LogP contribution in [-0.2, 0) is 0 Å². The molecule has 70 valence electrons. The van der Waals surface area contributed by atoms with E-state index in [-0.39, 0.29) is 11.9 Å². The number of amidine groups is 1. The van der Waals surface area contributed by atoms with Gasteiger partial charge in [-0.15, -0.1) is 0 Å². The first-order chi connectivity index (χ1) is 6.09. The first-order valence-electron chi connectivity index (χ1n) is 4.06. The van der Waals surface area contributed by atoms with Crippen LogP contribution in [-0.4, -0.2) is 16.9 Å². The maximum Gasteiger partial charge on any atom is 0.214 e. The van der Waals surface area contributed by atoms with Crippen molar-refractivity contribution in [2.75, 3.05) is 0 Å². The maximum atomic E-state index is 7.21. The quantitative estimate of drug-likeness (QED) is 0.540. The first-order valence-corrected chi connectivity index (χ1v) is 4.06. The molecule has 0 saturated heterocycles. The lowest BCUT2D eigenvalue weighted by Gasteiger charge is -2.08. The van der Waals surface area contributed by atoms with E-state index in [0.29, 0.717) is 11.4 Å². The van der Waals surface area contributed by atoms with E-state index in [1.165, 1.54) is 0 Å². The fraction of sp³-hybridized carbons (Fsp3) is 0.333. The van der Waals surface area contributed by atoms with Crippen LogP contribution in [0.2, 0.25) is 0 Å². The van der Waals surface area contributed by atoms with Crippen LogP contribution in [0.5, 0.6) is 5.88 Å². The Balaban J connectivity index is 2.85. The number of nitrogens with two attached hydrogens (primary N) is 1. The summed E-state index contributed by atoms with van der Waals surface area (Å²) in [4.78, 5) is 3.99. The average molecular weight is 179 g/mol. The van der Waals surface area contributed by atoms with Crippen molar-refractivity contribution in [1.29, 1.82) is 5.41 Å². The van der Waals surface area contributed by atoms with Crippen molar-refractivity contribution in [2.24, 2.45) is 5.73 Å². The number of pyridine rings is 1. The first kappa shape index (κ1) is 9.51. The molecule has 0 fully saturated rings. The van der Waals surface area contributed by atoms with E-state index in [1.807, 2.05) is 13.8 Å². The van der Waals surface area contributed by atoms with Crippen LogP contribution in [0, 0.1) is 5.41 Å². The van der Waals surface area contributed by atoms with Crippen LogP contribution in [0.15, 0.2) is 18.3 Å². The molecule has 0 radical (unpaired) electrons. The van der Waals surface area contributed by atoms with Crippen LogP contribution >= 0.6 is 0 Å². The van der Waals surface area contributed by atoms with Crippen LogP contribution < -0.4 is 10.5 Å². The Morgan fingerprint density at radius 1 is 1.62 bits per heavy atom. The molecule has 4 nitrogen and oxygen atoms in total. The number of nitrogen functional groups attached to an aromatic ring is 1. The molecular formula is C9H13N3O. The SMILES string of the molecule is CC(C)Oc1cc(C(=N)N)ccn1. The highest BCUT2D eigenvalue weighted by atomic mass is 16.5. The Hall–Kier alpha value is -1.58. The summed E-state index contributed by atoms with van der Waals surface area (Å²) in [6.45, 7) is 3.84. The molecule has 0 aliphatic carbocycles. The summed E-state index contributed by atoms with van der Waals surface area (Å²) in [5.74, 6) is 0.527. The highest BCUT2D eigenvalue weighted by Gasteiger charge is 2.01. The number of nitrogens with one attached hydrogen (secondary N) is 1. The minimum absolute atomic E-state index is 0.0241. The Morgan fingerprint density at radius 3 is 2.85 bits per heavy atom. The molecule has 0 bridgehead atoms. The molecule has 1 aromatic rings. The second-order valence-electron chi connectivity index (χ2n) is 2.96. The summed E-state index contributed by atoms with van der Waals surface area (Å²) in [6.07, 6.45) is 1.66. The van der Waals surface area contributed by atoms with Gasteiger partial charge in [-0.05, 0) is 19.9 Å². The van der Waals surface area contributed by atoms with E-state index >= 15 is 0 Å². The summed E-state index contributed by atoms with van der Waals surface area (Å²) in [5, 5.41) is 7.21. The summed E-state index contributed by atoms with van der Waals surface area (Å²) in [7, 11) is 0. The lowest BCUT2D eigenvalue weighted by atomic mass is 10.2. The van der Waals surface area contributed by atoms with Crippen molar-refractivity contribution in [3.8, 4) is 5.88 Å². The van der Waals surface area contributed by atoms with Gasteiger partial charge in [0.05, 0.1) is 6.10 Å². The highest BCUT2D eigenvalue weighted by molar-refractivity contribution is 5.95. The summed E-state index contributed by atoms with van der Waals surface area (Å²) >= 11 is 0. The summed E-state index contributed by atoms with van der Waals surface area (Å²) in [5.41, 5.74) is 5.94. The van der Waals surface area contributed by atoms with Crippen molar-refractivity contribution in [3.05, 3.63) is 23.9 Å². The summed E-state index contributed by atoms with van der Waals surface area (Å²) < 4.78 is 5.34. The zero-order valence-corrected chi connectivity index (χ0v) is 7.74. The van der Waals surface area contributed by atoms with Gasteiger partial charge in [0.15, 0.2) is 0 Å². The normalized spacial score (nSPS) is 10.1. The molecule has 0 aliphatic heterocycles. The Labute approximate surface area is 77.2 Å². The second-order valence-corrected chi connectivity index (χ2v) is 2.96. The van der Waals surface area contributed by atoms with Crippen LogP contribution in [0.25, 0.3) is 0 Å². The Morgan fingerprint density at radius 2 is 2.31 bits per heavy atom. The molecule has 0 atom stereocenters. The van der Waals surface area contributed by atoms with Gasteiger partial charge in [-0.2, -0.15) is 0 Å². The molecule has 0 aliphatic rings. The Kier molecular flexibility index (Phi) is 2.84. The number of hydrogen-bond acceptors (Lipinski definition) is 3. The van der Waals surface area contributed by atoms with E-state index in [1.54, 1.807) is 18.3 Å². The van der Waals surface area contributed by atoms with E-state index in [0.717, 1.165) is 0 Å². The van der Waals surface area contributed by atoms with Gasteiger partial charge in [0.1, 0.15) is 5.84 Å². The molecule has 0 saturated carbocycles. The minimum Gasteiger partial charge on any atom is -0.475 e. The lowest BCUT2D eigenvalue weighted by Crippen LogP contribution is -2.12. The number of rotatable bonds is 3. The molecule has 0 amide bonds. The van der Waals surface area contributed by atoms with Crippen molar-refractivity contribution < 1.29 is 4.74 Å². The van der Waals surface area contributed by atoms with Crippen LogP contribution in [0.3, 0.4) is 0 Å². The van der Waals surface area contributed by atoms with Gasteiger partial charge in [0.25, 0.3) is 0 Å². The van der Waals surface area contributed by atoms with Gasteiger partial charge in [-0.3, -0.25) is 5.41 Å². The van der Waals surface area contributed by atoms with Crippen molar-refractivity contribution in [1.82, 2.24) is 4.98 Å². The molecule has 0 spiro atoms. The van der Waals surface area contributed by atoms with Crippen LogP contribution in [0.1, 0.15) is 19.4 Å². The number of nitrogens with zero attached hydrogens (tertiary/aromatic N) is 1. The average Bonchev–Trinajstić information content (AvgIpc) is 2.03. The lowest BCUT2D eigenvalue weighted by molar-refractivity contribution is 0.232. The highest BCUT2D eigenvalue weighted by Crippen LogP contribution is 2.10. The second kappa shape index (κ2) is 3.89. The molecule has 13 heavy (non-hydrogen) atoms. The number of hydrogen-bond donors (Lipinski definition) is 2. The third kappa shape index (κ3) is 2.74. The monoisotopic (exact) mass is 179 g/mol. The predicted octanol–water partition coefficient (Wildman–Crippen LogP) is 1.15. The fourth-order valence-electron chi connectivity index (χ4n) is 0.883. The predicted molar refractivity (Wildman–Crippen MR) is 51.0 cm³/mol. The topological polar surface area (TPSA) is 72.0 Å². The van der Waals surface area contributed by atoms with Crippen LogP contribution in [0.4, 0.5) is 0 Å². The zero-order valence-electron chi connectivity index (χ0n) is 7.74. The Bertz CT molecular complexity index is 309. The van der Waals surface area contributed by atoms with Gasteiger partial charge in [0, 0.05) is 17.8 Å². The van der Waals surface area contributed by atoms with Gasteiger partial charge in [0.2, 0.25) is 5.88 Å². The van der Waals surface area contributed by atoms with E-state index in [9.17, 15) is 0 Å². The van der Waals surface area contributed by atoms with E-state index in [4.69, 9.17) is 15.9 Å². The fourth-order valence-corrected chi connectivity index (χ4v) is 0.883. The number of ether oxygens (including phenoxy) is 1. The maximum absolute atomic E-state index is 7.21. The molecule has 3 N–H and O–H groups in total. The standard InChI is InChI=1S/C9H13N3O/c1-6(2)13-8-5-7(9(10)11)3-4-12-8/h3-6H,1-2H3,(H3,10,11).